The van der Waals surface area contributed by atoms with Crippen LogP contribution in [0.2, 0.25) is 0 Å². The van der Waals surface area contributed by atoms with Crippen LogP contribution in [0.4, 0.5) is 18.9 Å². The second-order valence-corrected chi connectivity index (χ2v) is 6.47. The number of nitrogens with zero attached hydrogens (tertiary/aromatic N) is 2. The molecule has 1 spiro atoms. The van der Waals surface area contributed by atoms with E-state index >= 15 is 0 Å². The molecule has 6 nitrogen and oxygen atoms in total. The summed E-state index contributed by atoms with van der Waals surface area (Å²) in [5, 5.41) is 14.3. The summed E-state index contributed by atoms with van der Waals surface area (Å²) in [6.07, 6.45) is -4.06. The summed E-state index contributed by atoms with van der Waals surface area (Å²) in [4.78, 5) is 25.0. The third kappa shape index (κ3) is 1.68. The minimum absolute atomic E-state index is 0.200. The molecule has 0 unspecified atom stereocenters. The number of fused-ring (bicyclic) bond motifs is 4. The van der Waals surface area contributed by atoms with Crippen LogP contribution >= 0.6 is 0 Å². The van der Waals surface area contributed by atoms with Crippen LogP contribution in [0.25, 0.3) is 0 Å². The largest absolute Gasteiger partial charge is 0.400 e. The Morgan fingerprint density at radius 3 is 2.71 bits per heavy atom. The molecule has 0 bridgehead atoms. The van der Waals surface area contributed by atoms with Gasteiger partial charge in [-0.15, -0.1) is 0 Å². The fourth-order valence-electron chi connectivity index (χ4n) is 4.77. The average molecular weight is 341 g/mol. The Morgan fingerprint density at radius 1 is 1.33 bits per heavy atom. The molecule has 9 heteroatoms. The van der Waals surface area contributed by atoms with Crippen molar-refractivity contribution in [3.63, 3.8) is 0 Å². The van der Waals surface area contributed by atoms with Gasteiger partial charge in [0.2, 0.25) is 0 Å². The van der Waals surface area contributed by atoms with Crippen molar-refractivity contribution in [1.82, 2.24) is 4.90 Å². The maximum atomic E-state index is 13.7. The highest BCUT2D eigenvalue weighted by molar-refractivity contribution is 6.06. The fraction of sp³-hybridized carbons (Fsp3) is 0.533. The number of nitrogens with one attached hydrogen (secondary N) is 1. The predicted molar refractivity (Wildman–Crippen MR) is 76.8 cm³/mol. The van der Waals surface area contributed by atoms with Crippen molar-refractivity contribution in [2.24, 2.45) is 5.92 Å². The highest BCUT2D eigenvalue weighted by Gasteiger charge is 2.77. The molecule has 3 aliphatic heterocycles. The van der Waals surface area contributed by atoms with Crippen LogP contribution in [0.1, 0.15) is 18.4 Å². The lowest BCUT2D eigenvalue weighted by molar-refractivity contribution is -0.547. The standard InChI is InChI=1S/C15H14F3N3O3/c16-15(17,18)11-10-6-3-7-20(10)14(12(11)21(23)24)8-4-1-2-5-9(8)19-13(14)22/h1-2,4-5,10-12H,3,6-7H2,(H,19,22)/t10-,11-,12+,14+/m1/s1. The van der Waals surface area contributed by atoms with Gasteiger partial charge in [-0.3, -0.25) is 19.8 Å². The lowest BCUT2D eigenvalue weighted by Gasteiger charge is -2.32. The first-order valence-corrected chi connectivity index (χ1v) is 7.67. The van der Waals surface area contributed by atoms with Crippen LogP contribution in [0.3, 0.4) is 0 Å². The summed E-state index contributed by atoms with van der Waals surface area (Å²) < 4.78 is 41.1. The van der Waals surface area contributed by atoms with Crippen molar-refractivity contribution < 1.29 is 22.9 Å². The molecular formula is C15H14F3N3O3. The molecule has 2 saturated heterocycles. The van der Waals surface area contributed by atoms with Crippen LogP contribution in [-0.2, 0) is 10.3 Å². The molecule has 128 valence electrons. The first-order valence-electron chi connectivity index (χ1n) is 7.67. The first kappa shape index (κ1) is 15.4. The summed E-state index contributed by atoms with van der Waals surface area (Å²) in [7, 11) is 0. The van der Waals surface area contributed by atoms with Gasteiger partial charge < -0.3 is 5.32 Å². The van der Waals surface area contributed by atoms with Crippen LogP contribution in [0.15, 0.2) is 24.3 Å². The molecule has 1 aromatic carbocycles. The molecule has 0 aliphatic carbocycles. The Morgan fingerprint density at radius 2 is 2.04 bits per heavy atom. The summed E-state index contributed by atoms with van der Waals surface area (Å²) in [5.41, 5.74) is -1.26. The molecule has 0 radical (unpaired) electrons. The normalized spacial score (nSPS) is 35.1. The van der Waals surface area contributed by atoms with Crippen molar-refractivity contribution in [3.05, 3.63) is 39.9 Å². The molecule has 4 rings (SSSR count). The third-order valence-electron chi connectivity index (χ3n) is 5.47. The van der Waals surface area contributed by atoms with Gasteiger partial charge in [0.15, 0.2) is 5.54 Å². The van der Waals surface area contributed by atoms with E-state index < -0.39 is 40.5 Å². The van der Waals surface area contributed by atoms with Gasteiger partial charge in [-0.25, -0.2) is 0 Å². The lowest BCUT2D eigenvalue weighted by Crippen LogP contribution is -2.56. The molecule has 0 aromatic heterocycles. The number of hydrogen-bond donors (Lipinski definition) is 1. The van der Waals surface area contributed by atoms with Crippen molar-refractivity contribution >= 4 is 11.6 Å². The first-order chi connectivity index (χ1) is 11.3. The number of nitro groups is 1. The number of halogens is 3. The van der Waals surface area contributed by atoms with E-state index in [1.807, 2.05) is 0 Å². The molecular weight excluding hydrogens is 327 g/mol. The highest BCUT2D eigenvalue weighted by atomic mass is 19.4. The second-order valence-electron chi connectivity index (χ2n) is 6.47. The Labute approximate surface area is 134 Å². The van der Waals surface area contributed by atoms with E-state index in [0.29, 0.717) is 12.1 Å². The molecule has 3 aliphatic rings. The molecule has 2 fully saturated rings. The lowest BCUT2D eigenvalue weighted by atomic mass is 9.79. The van der Waals surface area contributed by atoms with Crippen molar-refractivity contribution in [2.75, 3.05) is 11.9 Å². The SMILES string of the molecule is O=C1Nc2ccccc2[C@]12[C@@H]([N+](=O)[O-])[C@H](C(F)(F)F)[C@H]1CCCN12. The van der Waals surface area contributed by atoms with Crippen LogP contribution in [-0.4, -0.2) is 40.5 Å². The quantitative estimate of drug-likeness (QED) is 0.627. The number of rotatable bonds is 1. The average Bonchev–Trinajstić information content (AvgIpc) is 3.12. The molecule has 4 atom stereocenters. The fourth-order valence-corrected chi connectivity index (χ4v) is 4.77. The summed E-state index contributed by atoms with van der Waals surface area (Å²) in [5.74, 6) is -2.89. The zero-order chi connectivity index (χ0) is 17.3. The van der Waals surface area contributed by atoms with Gasteiger partial charge in [0.25, 0.3) is 11.9 Å². The van der Waals surface area contributed by atoms with Gasteiger partial charge in [-0.05, 0) is 18.9 Å². The number of para-hydroxylation sites is 1. The minimum Gasteiger partial charge on any atom is -0.324 e. The molecule has 1 amide bonds. The van der Waals surface area contributed by atoms with E-state index in [1.54, 1.807) is 18.2 Å². The number of amides is 1. The molecule has 0 saturated carbocycles. The van der Waals surface area contributed by atoms with Crippen molar-refractivity contribution in [3.8, 4) is 0 Å². The summed E-state index contributed by atoms with van der Waals surface area (Å²) >= 11 is 0. The zero-order valence-electron chi connectivity index (χ0n) is 12.4. The minimum atomic E-state index is -4.74. The summed E-state index contributed by atoms with van der Waals surface area (Å²) in [6, 6.07) is 3.20. The van der Waals surface area contributed by atoms with E-state index in [4.69, 9.17) is 0 Å². The van der Waals surface area contributed by atoms with Crippen LogP contribution in [0.5, 0.6) is 0 Å². The van der Waals surface area contributed by atoms with E-state index in [9.17, 15) is 28.1 Å². The summed E-state index contributed by atoms with van der Waals surface area (Å²) in [6.45, 7) is 0.239. The number of alkyl halides is 3. The predicted octanol–water partition coefficient (Wildman–Crippen LogP) is 2.14. The van der Waals surface area contributed by atoms with Crippen molar-refractivity contribution in [1.29, 1.82) is 0 Å². The molecule has 3 heterocycles. The van der Waals surface area contributed by atoms with Gasteiger partial charge in [0.1, 0.15) is 5.92 Å². The maximum Gasteiger partial charge on any atom is 0.400 e. The van der Waals surface area contributed by atoms with Gasteiger partial charge in [-0.2, -0.15) is 13.2 Å². The number of carbonyl (C=O) groups is 1. The van der Waals surface area contributed by atoms with Gasteiger partial charge >= 0.3 is 6.18 Å². The Bertz CT molecular complexity index is 738. The molecule has 1 N–H and O–H groups in total. The highest BCUT2D eigenvalue weighted by Crippen LogP contribution is 2.58. The Hall–Kier alpha value is -2.16. The van der Waals surface area contributed by atoms with E-state index in [0.717, 1.165) is 0 Å². The smallest absolute Gasteiger partial charge is 0.324 e. The molecule has 1 aromatic rings. The third-order valence-corrected chi connectivity index (χ3v) is 5.47. The zero-order valence-corrected chi connectivity index (χ0v) is 12.4. The number of carbonyl (C=O) groups excluding carboxylic acids is 1. The number of hydrogen-bond acceptors (Lipinski definition) is 4. The Kier molecular flexibility index (Phi) is 3.00. The van der Waals surface area contributed by atoms with Gasteiger partial charge in [0.05, 0.1) is 0 Å². The van der Waals surface area contributed by atoms with E-state index in [-0.39, 0.29) is 18.5 Å². The topological polar surface area (TPSA) is 75.5 Å². The maximum absolute atomic E-state index is 13.7. The van der Waals surface area contributed by atoms with E-state index in [1.165, 1.54) is 11.0 Å². The monoisotopic (exact) mass is 341 g/mol. The van der Waals surface area contributed by atoms with Crippen LogP contribution in [0, 0.1) is 16.0 Å². The van der Waals surface area contributed by atoms with Gasteiger partial charge in [-0.1, -0.05) is 18.2 Å². The second kappa shape index (κ2) is 4.69. The van der Waals surface area contributed by atoms with Gasteiger partial charge in [0, 0.05) is 28.8 Å². The number of anilines is 1. The van der Waals surface area contributed by atoms with E-state index in [2.05, 4.69) is 5.32 Å². The van der Waals surface area contributed by atoms with Crippen LogP contribution < -0.4 is 5.32 Å². The Balaban J connectivity index is 2.00. The van der Waals surface area contributed by atoms with Crippen molar-refractivity contribution in [2.45, 2.75) is 36.6 Å². The number of benzene rings is 1. The molecule has 24 heavy (non-hydrogen) atoms.